The molecule has 0 saturated carbocycles. The van der Waals surface area contributed by atoms with Crippen molar-refractivity contribution >= 4 is 23.1 Å². The van der Waals surface area contributed by atoms with Gasteiger partial charge in [0.25, 0.3) is 0 Å². The summed E-state index contributed by atoms with van der Waals surface area (Å²) in [4.78, 5) is 30.3. The molecule has 0 N–H and O–H groups in total. The first-order chi connectivity index (χ1) is 13.7. The smallest absolute Gasteiger partial charge is 0.233 e. The number of thiophene rings is 1. The van der Waals surface area contributed by atoms with E-state index in [9.17, 15) is 4.79 Å². The van der Waals surface area contributed by atoms with Crippen LogP contribution < -0.4 is 9.64 Å². The number of aryl methyl sites for hydroxylation is 1. The van der Waals surface area contributed by atoms with Crippen molar-refractivity contribution in [1.29, 1.82) is 0 Å². The van der Waals surface area contributed by atoms with Crippen LogP contribution in [0.4, 0.5) is 5.82 Å². The Morgan fingerprint density at radius 2 is 2.11 bits per heavy atom. The summed E-state index contributed by atoms with van der Waals surface area (Å²) in [6, 6.07) is 3.88. The van der Waals surface area contributed by atoms with Crippen LogP contribution in [-0.2, 0) is 11.2 Å². The van der Waals surface area contributed by atoms with Gasteiger partial charge in [0.2, 0.25) is 23.5 Å². The first-order valence-corrected chi connectivity index (χ1v) is 9.86. The molecule has 1 amide bonds. The van der Waals surface area contributed by atoms with Crippen LogP contribution in [0.15, 0.2) is 34.4 Å². The van der Waals surface area contributed by atoms with Gasteiger partial charge < -0.3 is 19.1 Å². The van der Waals surface area contributed by atoms with Gasteiger partial charge in [-0.1, -0.05) is 11.2 Å². The molecule has 28 heavy (non-hydrogen) atoms. The van der Waals surface area contributed by atoms with E-state index in [1.165, 1.54) is 0 Å². The van der Waals surface area contributed by atoms with Crippen LogP contribution in [-0.4, -0.2) is 64.2 Å². The molecule has 0 radical (unpaired) electrons. The lowest BCUT2D eigenvalue weighted by molar-refractivity contribution is -0.131. The van der Waals surface area contributed by atoms with Crippen molar-refractivity contribution in [3.8, 4) is 16.6 Å². The minimum atomic E-state index is 0.0900. The zero-order valence-corrected chi connectivity index (χ0v) is 16.3. The largest absolute Gasteiger partial charge is 0.480 e. The number of hydrogen-bond acceptors (Lipinski definition) is 9. The van der Waals surface area contributed by atoms with Gasteiger partial charge in [-0.25, -0.2) is 0 Å². The van der Waals surface area contributed by atoms with Crippen LogP contribution in [0.25, 0.3) is 10.7 Å². The third-order valence-corrected chi connectivity index (χ3v) is 5.39. The number of methoxy groups -OCH3 is 1. The van der Waals surface area contributed by atoms with E-state index >= 15 is 0 Å². The van der Waals surface area contributed by atoms with Gasteiger partial charge >= 0.3 is 0 Å². The highest BCUT2D eigenvalue weighted by Gasteiger charge is 2.23. The zero-order chi connectivity index (χ0) is 19.3. The summed E-state index contributed by atoms with van der Waals surface area (Å²) in [5, 5.41) is 5.94. The van der Waals surface area contributed by atoms with E-state index in [1.54, 1.807) is 30.8 Å². The van der Waals surface area contributed by atoms with E-state index in [0.29, 0.717) is 56.6 Å². The van der Waals surface area contributed by atoms with Crippen LogP contribution in [0.5, 0.6) is 5.88 Å². The number of carbonyl (C=O) groups excluding carboxylic acids is 1. The SMILES string of the molecule is COc1cncc(N2CCN(C(=O)CCc3nc(-c4cccs4)no3)CC2)n1. The number of ether oxygens (including phenoxy) is 1. The summed E-state index contributed by atoms with van der Waals surface area (Å²) in [6.07, 6.45) is 4.08. The number of nitrogens with zero attached hydrogens (tertiary/aromatic N) is 6. The minimum Gasteiger partial charge on any atom is -0.480 e. The summed E-state index contributed by atoms with van der Waals surface area (Å²) in [7, 11) is 1.57. The van der Waals surface area contributed by atoms with Crippen molar-refractivity contribution in [2.75, 3.05) is 38.2 Å². The molecule has 0 atom stereocenters. The minimum absolute atomic E-state index is 0.0900. The van der Waals surface area contributed by atoms with Gasteiger partial charge in [0.05, 0.1) is 24.4 Å². The average Bonchev–Trinajstić information content (AvgIpc) is 3.44. The molecule has 9 nitrogen and oxygen atoms in total. The molecule has 0 unspecified atom stereocenters. The summed E-state index contributed by atoms with van der Waals surface area (Å²) in [5.41, 5.74) is 0. The van der Waals surface area contributed by atoms with Gasteiger partial charge in [-0.3, -0.25) is 9.78 Å². The molecule has 0 spiro atoms. The fourth-order valence-corrected chi connectivity index (χ4v) is 3.66. The highest BCUT2D eigenvalue weighted by molar-refractivity contribution is 7.13. The number of amides is 1. The molecule has 1 aliphatic rings. The van der Waals surface area contributed by atoms with Crippen LogP contribution in [0, 0.1) is 0 Å². The second-order valence-electron chi connectivity index (χ2n) is 6.28. The molecule has 146 valence electrons. The Bertz CT molecular complexity index is 921. The highest BCUT2D eigenvalue weighted by atomic mass is 32.1. The molecule has 4 heterocycles. The Morgan fingerprint density at radius 1 is 1.25 bits per heavy atom. The number of anilines is 1. The molecule has 0 aliphatic carbocycles. The number of piperazine rings is 1. The Morgan fingerprint density at radius 3 is 2.86 bits per heavy atom. The van der Waals surface area contributed by atoms with E-state index in [4.69, 9.17) is 9.26 Å². The Balaban J connectivity index is 1.27. The molecule has 1 aliphatic heterocycles. The van der Waals surface area contributed by atoms with E-state index in [1.807, 2.05) is 22.4 Å². The van der Waals surface area contributed by atoms with E-state index in [2.05, 4.69) is 25.0 Å². The van der Waals surface area contributed by atoms with Crippen molar-refractivity contribution in [2.45, 2.75) is 12.8 Å². The molecular formula is C18H20N6O3S. The number of hydrogen-bond donors (Lipinski definition) is 0. The Labute approximate surface area is 166 Å². The fourth-order valence-electron chi connectivity index (χ4n) is 3.01. The van der Waals surface area contributed by atoms with Crippen molar-refractivity contribution < 1.29 is 14.1 Å². The Hall–Kier alpha value is -3.01. The maximum atomic E-state index is 12.5. The topological polar surface area (TPSA) is 97.5 Å². The average molecular weight is 400 g/mol. The van der Waals surface area contributed by atoms with Gasteiger partial charge in [0.15, 0.2) is 5.82 Å². The first-order valence-electron chi connectivity index (χ1n) is 8.98. The van der Waals surface area contributed by atoms with Gasteiger partial charge in [-0.05, 0) is 11.4 Å². The van der Waals surface area contributed by atoms with E-state index in [0.717, 1.165) is 10.7 Å². The first kappa shape index (κ1) is 18.4. The predicted molar refractivity (Wildman–Crippen MR) is 103 cm³/mol. The Kier molecular flexibility index (Phi) is 5.47. The van der Waals surface area contributed by atoms with Crippen LogP contribution in [0.2, 0.25) is 0 Å². The molecule has 0 bridgehead atoms. The normalized spacial score (nSPS) is 14.3. The summed E-state index contributed by atoms with van der Waals surface area (Å²) in [5.74, 6) is 2.40. The lowest BCUT2D eigenvalue weighted by Gasteiger charge is -2.35. The molecule has 0 aromatic carbocycles. The number of rotatable bonds is 6. The van der Waals surface area contributed by atoms with Crippen LogP contribution in [0.3, 0.4) is 0 Å². The monoisotopic (exact) mass is 400 g/mol. The quantitative estimate of drug-likeness (QED) is 0.619. The van der Waals surface area contributed by atoms with Gasteiger partial charge in [0, 0.05) is 39.0 Å². The number of aromatic nitrogens is 4. The molecule has 3 aromatic rings. The van der Waals surface area contributed by atoms with Crippen LogP contribution >= 0.6 is 11.3 Å². The summed E-state index contributed by atoms with van der Waals surface area (Å²) >= 11 is 1.55. The third kappa shape index (κ3) is 4.11. The molecule has 4 rings (SSSR count). The molecular weight excluding hydrogens is 380 g/mol. The second-order valence-corrected chi connectivity index (χ2v) is 7.22. The van der Waals surface area contributed by atoms with Crippen molar-refractivity contribution in [2.24, 2.45) is 0 Å². The predicted octanol–water partition coefficient (Wildman–Crippen LogP) is 1.88. The molecule has 1 saturated heterocycles. The summed E-state index contributed by atoms with van der Waals surface area (Å²) in [6.45, 7) is 2.69. The maximum absolute atomic E-state index is 12.5. The standard InChI is InChI=1S/C18H20N6O3S/c1-26-16-12-19-11-14(20-16)23-6-8-24(9-7-23)17(25)5-4-15-21-18(22-27-15)13-3-2-10-28-13/h2-3,10-12H,4-9H2,1H3. The molecule has 1 fully saturated rings. The van der Waals surface area contributed by atoms with E-state index < -0.39 is 0 Å². The lowest BCUT2D eigenvalue weighted by Crippen LogP contribution is -2.49. The lowest BCUT2D eigenvalue weighted by atomic mass is 10.2. The van der Waals surface area contributed by atoms with Gasteiger partial charge in [-0.15, -0.1) is 11.3 Å². The van der Waals surface area contributed by atoms with E-state index in [-0.39, 0.29) is 5.91 Å². The summed E-state index contributed by atoms with van der Waals surface area (Å²) < 4.78 is 10.4. The molecule has 10 heteroatoms. The fraction of sp³-hybridized carbons (Fsp3) is 0.389. The van der Waals surface area contributed by atoms with Crippen molar-refractivity contribution in [3.05, 3.63) is 35.8 Å². The highest BCUT2D eigenvalue weighted by Crippen LogP contribution is 2.22. The van der Waals surface area contributed by atoms with Crippen molar-refractivity contribution in [1.82, 2.24) is 25.0 Å². The third-order valence-electron chi connectivity index (χ3n) is 4.53. The second kappa shape index (κ2) is 8.34. The van der Waals surface area contributed by atoms with Crippen molar-refractivity contribution in [3.63, 3.8) is 0 Å². The van der Waals surface area contributed by atoms with Gasteiger partial charge in [-0.2, -0.15) is 9.97 Å². The number of carbonyl (C=O) groups is 1. The van der Waals surface area contributed by atoms with Crippen LogP contribution in [0.1, 0.15) is 12.3 Å². The maximum Gasteiger partial charge on any atom is 0.233 e. The van der Waals surface area contributed by atoms with Gasteiger partial charge in [0.1, 0.15) is 0 Å². The zero-order valence-electron chi connectivity index (χ0n) is 15.4. The molecule has 3 aromatic heterocycles.